The number of nitrogens with zero attached hydrogens (tertiary/aromatic N) is 4. The maximum Gasteiger partial charge on any atom is 0.244 e. The first-order valence-electron chi connectivity index (χ1n) is 8.52. The van der Waals surface area contributed by atoms with Crippen LogP contribution in [-0.4, -0.2) is 40.9 Å². The molecule has 0 spiro atoms. The number of aromatic nitrogens is 3. The van der Waals surface area contributed by atoms with E-state index in [9.17, 15) is 8.42 Å². The van der Waals surface area contributed by atoms with E-state index < -0.39 is 15.6 Å². The van der Waals surface area contributed by atoms with Gasteiger partial charge in [0.05, 0.1) is 5.54 Å². The molecule has 1 saturated heterocycles. The molecule has 1 saturated carbocycles. The summed E-state index contributed by atoms with van der Waals surface area (Å²) >= 11 is 0. The summed E-state index contributed by atoms with van der Waals surface area (Å²) in [4.78, 5) is 8.61. The van der Waals surface area contributed by atoms with Crippen molar-refractivity contribution in [2.45, 2.75) is 48.5 Å². The maximum atomic E-state index is 12.6. The van der Waals surface area contributed by atoms with E-state index in [1.807, 2.05) is 0 Å². The van der Waals surface area contributed by atoms with Crippen LogP contribution in [-0.2, 0) is 15.6 Å². The molecular formula is C16H21N5O3S. The normalized spacial score (nSPS) is 21.8. The smallest absolute Gasteiger partial charge is 0.244 e. The fourth-order valence-corrected chi connectivity index (χ4v) is 4.81. The molecule has 2 aromatic rings. The molecule has 1 aliphatic carbocycles. The minimum Gasteiger partial charge on any atom is -0.339 e. The summed E-state index contributed by atoms with van der Waals surface area (Å²) in [6.07, 6.45) is 7.10. The van der Waals surface area contributed by atoms with Gasteiger partial charge in [0.2, 0.25) is 15.9 Å². The van der Waals surface area contributed by atoms with Gasteiger partial charge in [-0.05, 0) is 44.2 Å². The highest BCUT2D eigenvalue weighted by Crippen LogP contribution is 2.38. The molecule has 25 heavy (non-hydrogen) atoms. The van der Waals surface area contributed by atoms with Gasteiger partial charge in [-0.1, -0.05) is 5.16 Å². The Balaban J connectivity index is 1.43. The Morgan fingerprint density at radius 2 is 2.04 bits per heavy atom. The van der Waals surface area contributed by atoms with Gasteiger partial charge in [-0.3, -0.25) is 4.98 Å². The molecule has 0 unspecified atom stereocenters. The van der Waals surface area contributed by atoms with Gasteiger partial charge in [0, 0.05) is 31.4 Å². The summed E-state index contributed by atoms with van der Waals surface area (Å²) in [7, 11) is -3.50. The van der Waals surface area contributed by atoms with Crippen LogP contribution in [0.4, 0.5) is 0 Å². The summed E-state index contributed by atoms with van der Waals surface area (Å²) in [6, 6.07) is 3.20. The van der Waals surface area contributed by atoms with Crippen molar-refractivity contribution in [2.24, 2.45) is 5.73 Å². The molecule has 1 aliphatic heterocycles. The first-order chi connectivity index (χ1) is 12.0. The minimum absolute atomic E-state index is 0.0743. The lowest BCUT2D eigenvalue weighted by atomic mass is 9.77. The molecule has 4 rings (SSSR count). The summed E-state index contributed by atoms with van der Waals surface area (Å²) in [5.74, 6) is 1.23. The van der Waals surface area contributed by atoms with Crippen LogP contribution >= 0.6 is 0 Å². The zero-order chi connectivity index (χ0) is 17.5. The van der Waals surface area contributed by atoms with Crippen LogP contribution in [0.15, 0.2) is 33.9 Å². The van der Waals surface area contributed by atoms with Gasteiger partial charge < -0.3 is 10.3 Å². The first kappa shape index (κ1) is 16.6. The van der Waals surface area contributed by atoms with Crippen LogP contribution in [0.25, 0.3) is 0 Å². The Morgan fingerprint density at radius 3 is 2.64 bits per heavy atom. The Hall–Kier alpha value is -1.84. The summed E-state index contributed by atoms with van der Waals surface area (Å²) in [5.41, 5.74) is 5.79. The molecule has 8 nitrogen and oxygen atoms in total. The van der Waals surface area contributed by atoms with Crippen molar-refractivity contribution < 1.29 is 12.9 Å². The highest BCUT2D eigenvalue weighted by atomic mass is 32.2. The number of pyridine rings is 1. The molecule has 2 N–H and O–H groups in total. The van der Waals surface area contributed by atoms with Crippen molar-refractivity contribution in [3.05, 3.63) is 36.2 Å². The molecule has 3 heterocycles. The van der Waals surface area contributed by atoms with Crippen LogP contribution < -0.4 is 5.73 Å². The van der Waals surface area contributed by atoms with Gasteiger partial charge in [-0.15, -0.1) is 0 Å². The molecule has 134 valence electrons. The third-order valence-corrected chi connectivity index (χ3v) is 7.09. The Labute approximate surface area is 146 Å². The van der Waals surface area contributed by atoms with Crippen molar-refractivity contribution in [1.82, 2.24) is 19.4 Å². The van der Waals surface area contributed by atoms with Crippen molar-refractivity contribution in [3.63, 3.8) is 0 Å². The van der Waals surface area contributed by atoms with E-state index in [4.69, 9.17) is 10.3 Å². The molecule has 2 aromatic heterocycles. The Morgan fingerprint density at radius 1 is 1.28 bits per heavy atom. The van der Waals surface area contributed by atoms with Gasteiger partial charge >= 0.3 is 0 Å². The number of sulfonamides is 1. The van der Waals surface area contributed by atoms with E-state index in [1.54, 1.807) is 18.3 Å². The Kier molecular flexibility index (Phi) is 4.09. The lowest BCUT2D eigenvalue weighted by Gasteiger charge is -2.34. The van der Waals surface area contributed by atoms with Crippen molar-refractivity contribution in [1.29, 1.82) is 0 Å². The zero-order valence-electron chi connectivity index (χ0n) is 13.8. The Bertz CT molecular complexity index is 840. The van der Waals surface area contributed by atoms with Crippen molar-refractivity contribution >= 4 is 10.0 Å². The molecule has 0 radical (unpaired) electrons. The SMILES string of the molecule is NC1(c2noc(C3CCN(S(=O)(=O)c4cccnc4)CC3)n2)CCC1. The van der Waals surface area contributed by atoms with Gasteiger partial charge in [0.25, 0.3) is 0 Å². The lowest BCUT2D eigenvalue weighted by Crippen LogP contribution is -2.44. The maximum absolute atomic E-state index is 12.6. The standard InChI is InChI=1S/C16H21N5O3S/c17-16(6-2-7-16)15-19-14(24-20-15)12-4-9-21(10-5-12)25(22,23)13-3-1-8-18-11-13/h1,3,8,11-12H,2,4-7,9-10,17H2. The number of rotatable bonds is 4. The van der Waals surface area contributed by atoms with Gasteiger partial charge in [-0.25, -0.2) is 8.42 Å². The topological polar surface area (TPSA) is 115 Å². The molecule has 0 atom stereocenters. The van der Waals surface area contributed by atoms with Gasteiger partial charge in [0.15, 0.2) is 5.82 Å². The summed E-state index contributed by atoms with van der Waals surface area (Å²) in [5, 5.41) is 4.05. The van der Waals surface area contributed by atoms with Crippen molar-refractivity contribution in [2.75, 3.05) is 13.1 Å². The number of hydrogen-bond acceptors (Lipinski definition) is 7. The van der Waals surface area contributed by atoms with Crippen LogP contribution in [0.2, 0.25) is 0 Å². The average Bonchev–Trinajstić information content (AvgIpc) is 3.11. The second-order valence-corrected chi connectivity index (χ2v) is 8.77. The van der Waals surface area contributed by atoms with Gasteiger partial charge in [-0.2, -0.15) is 9.29 Å². The fraction of sp³-hybridized carbons (Fsp3) is 0.562. The van der Waals surface area contributed by atoms with Crippen LogP contribution in [0.1, 0.15) is 49.7 Å². The van der Waals surface area contributed by atoms with E-state index in [-0.39, 0.29) is 10.8 Å². The third kappa shape index (κ3) is 2.96. The molecule has 0 bridgehead atoms. The van der Waals surface area contributed by atoms with E-state index in [2.05, 4.69) is 15.1 Å². The van der Waals surface area contributed by atoms with Crippen LogP contribution in [0.5, 0.6) is 0 Å². The predicted octanol–water partition coefficient (Wildman–Crippen LogP) is 1.37. The van der Waals surface area contributed by atoms with E-state index in [0.29, 0.717) is 37.6 Å². The van der Waals surface area contributed by atoms with E-state index in [1.165, 1.54) is 10.5 Å². The van der Waals surface area contributed by atoms with Crippen LogP contribution in [0.3, 0.4) is 0 Å². The molecule has 0 amide bonds. The lowest BCUT2D eigenvalue weighted by molar-refractivity contribution is 0.227. The highest BCUT2D eigenvalue weighted by molar-refractivity contribution is 7.89. The molecule has 9 heteroatoms. The number of piperidine rings is 1. The predicted molar refractivity (Wildman–Crippen MR) is 89.0 cm³/mol. The highest BCUT2D eigenvalue weighted by Gasteiger charge is 2.40. The fourth-order valence-electron chi connectivity index (χ4n) is 3.38. The van der Waals surface area contributed by atoms with E-state index in [0.717, 1.165) is 19.3 Å². The summed E-state index contributed by atoms with van der Waals surface area (Å²) < 4.78 is 32.2. The molecule has 2 fully saturated rings. The zero-order valence-corrected chi connectivity index (χ0v) is 14.7. The van der Waals surface area contributed by atoms with Crippen molar-refractivity contribution in [3.8, 4) is 0 Å². The quantitative estimate of drug-likeness (QED) is 0.872. The third-order valence-electron chi connectivity index (χ3n) is 5.21. The number of hydrogen-bond donors (Lipinski definition) is 1. The summed E-state index contributed by atoms with van der Waals surface area (Å²) in [6.45, 7) is 0.848. The first-order valence-corrected chi connectivity index (χ1v) is 9.96. The molecular weight excluding hydrogens is 342 g/mol. The van der Waals surface area contributed by atoms with E-state index >= 15 is 0 Å². The van der Waals surface area contributed by atoms with Crippen LogP contribution in [0, 0.1) is 0 Å². The molecule has 2 aliphatic rings. The second-order valence-electron chi connectivity index (χ2n) is 6.83. The molecule has 0 aromatic carbocycles. The second kappa shape index (κ2) is 6.15. The monoisotopic (exact) mass is 363 g/mol. The largest absolute Gasteiger partial charge is 0.339 e. The number of nitrogens with two attached hydrogens (primary N) is 1. The minimum atomic E-state index is -3.50. The van der Waals surface area contributed by atoms with Gasteiger partial charge in [0.1, 0.15) is 4.90 Å². The average molecular weight is 363 g/mol.